The highest BCUT2D eigenvalue weighted by molar-refractivity contribution is 6.25. The van der Waals surface area contributed by atoms with E-state index in [1.165, 1.54) is 4.90 Å². The molecule has 3 aliphatic carbocycles. The minimum absolute atomic E-state index is 0.163. The van der Waals surface area contributed by atoms with Crippen LogP contribution in [-0.2, 0) is 14.3 Å². The maximum atomic E-state index is 14.1. The molecule has 1 fully saturated rings. The van der Waals surface area contributed by atoms with E-state index in [4.69, 9.17) is 4.74 Å². The topological polar surface area (TPSA) is 63.7 Å². The third-order valence-corrected chi connectivity index (χ3v) is 7.72. The summed E-state index contributed by atoms with van der Waals surface area (Å²) in [7, 11) is 0. The van der Waals surface area contributed by atoms with E-state index < -0.39 is 17.3 Å². The number of rotatable bonds is 3. The van der Waals surface area contributed by atoms with Gasteiger partial charge in [-0.1, -0.05) is 48.5 Å². The largest absolute Gasteiger partial charge is 0.459 e. The van der Waals surface area contributed by atoms with Gasteiger partial charge in [-0.05, 0) is 67.3 Å². The monoisotopic (exact) mass is 451 g/mol. The Morgan fingerprint density at radius 1 is 0.853 bits per heavy atom. The molecule has 2 amide bonds. The average molecular weight is 452 g/mol. The number of ether oxygens (including phenoxy) is 1. The highest BCUT2D eigenvalue weighted by Gasteiger charge is 2.68. The fourth-order valence-corrected chi connectivity index (χ4v) is 6.39. The second-order valence-corrected chi connectivity index (χ2v) is 9.91. The SMILES string of the molecule is CC(C)OC(=O)c1ccc(N2C(=O)[C@@H]3C4c5ccccc5C(c5ccccc54)[C@]3(C)C2=O)cc1. The second-order valence-electron chi connectivity index (χ2n) is 9.91. The fourth-order valence-electron chi connectivity index (χ4n) is 6.39. The molecule has 2 atom stereocenters. The summed E-state index contributed by atoms with van der Waals surface area (Å²) < 4.78 is 5.26. The Kier molecular flexibility index (Phi) is 4.37. The normalized spacial score (nSPS) is 26.4. The first-order valence-electron chi connectivity index (χ1n) is 11.7. The van der Waals surface area contributed by atoms with E-state index in [1.807, 2.05) is 31.2 Å². The molecule has 7 rings (SSSR count). The van der Waals surface area contributed by atoms with Gasteiger partial charge < -0.3 is 4.74 Å². The minimum Gasteiger partial charge on any atom is -0.459 e. The van der Waals surface area contributed by atoms with Gasteiger partial charge in [0.15, 0.2) is 0 Å². The lowest BCUT2D eigenvalue weighted by atomic mass is 9.48. The van der Waals surface area contributed by atoms with Crippen molar-refractivity contribution in [3.63, 3.8) is 0 Å². The molecule has 5 heteroatoms. The first-order chi connectivity index (χ1) is 16.3. The Bertz CT molecular complexity index is 1310. The van der Waals surface area contributed by atoms with Crippen molar-refractivity contribution in [2.45, 2.75) is 38.7 Å². The highest BCUT2D eigenvalue weighted by Crippen LogP contribution is 2.67. The lowest BCUT2D eigenvalue weighted by Crippen LogP contribution is -2.49. The summed E-state index contributed by atoms with van der Waals surface area (Å²) >= 11 is 0. The maximum Gasteiger partial charge on any atom is 0.338 e. The first kappa shape index (κ1) is 20.8. The van der Waals surface area contributed by atoms with Crippen LogP contribution in [-0.4, -0.2) is 23.9 Å². The average Bonchev–Trinajstić information content (AvgIpc) is 3.04. The standard InChI is InChI=1S/C29H25NO4/c1-16(2)34-27(32)17-12-14-18(15-13-17)30-26(31)25-23-19-8-4-6-10-21(19)24(29(25,3)28(30)33)22-11-7-5-9-20(22)23/h4-16,23-25H,1-3H3/t23?,24?,25-,29-/m0/s1. The van der Waals surface area contributed by atoms with E-state index in [9.17, 15) is 14.4 Å². The Labute approximate surface area is 198 Å². The molecule has 1 heterocycles. The molecule has 1 saturated heterocycles. The Morgan fingerprint density at radius 3 is 1.91 bits per heavy atom. The third kappa shape index (κ3) is 2.58. The van der Waals surface area contributed by atoms with Crippen LogP contribution in [0.2, 0.25) is 0 Å². The molecule has 1 aliphatic heterocycles. The van der Waals surface area contributed by atoms with Crippen LogP contribution in [0.5, 0.6) is 0 Å². The summed E-state index contributed by atoms with van der Waals surface area (Å²) in [6, 6.07) is 23.0. The number of imide groups is 1. The summed E-state index contributed by atoms with van der Waals surface area (Å²) in [6.45, 7) is 5.54. The predicted octanol–water partition coefficient (Wildman–Crippen LogP) is 5.04. The number of hydrogen-bond acceptors (Lipinski definition) is 4. The van der Waals surface area contributed by atoms with Crippen LogP contribution in [0, 0.1) is 11.3 Å². The van der Waals surface area contributed by atoms with E-state index in [1.54, 1.807) is 38.1 Å². The summed E-state index contributed by atoms with van der Waals surface area (Å²) in [4.78, 5) is 41.6. The minimum atomic E-state index is -0.875. The number of anilines is 1. The van der Waals surface area contributed by atoms with Crippen molar-refractivity contribution in [1.82, 2.24) is 0 Å². The fraction of sp³-hybridized carbons (Fsp3) is 0.276. The lowest BCUT2D eigenvalue weighted by molar-refractivity contribution is -0.128. The van der Waals surface area contributed by atoms with Gasteiger partial charge in [-0.2, -0.15) is 0 Å². The highest BCUT2D eigenvalue weighted by atomic mass is 16.5. The van der Waals surface area contributed by atoms with Crippen molar-refractivity contribution in [2.24, 2.45) is 11.3 Å². The number of nitrogens with zero attached hydrogens (tertiary/aromatic N) is 1. The van der Waals surface area contributed by atoms with E-state index in [-0.39, 0.29) is 29.8 Å². The summed E-state index contributed by atoms with van der Waals surface area (Å²) in [5.74, 6) is -1.60. The van der Waals surface area contributed by atoms with Crippen molar-refractivity contribution in [3.05, 3.63) is 101 Å². The van der Waals surface area contributed by atoms with Gasteiger partial charge >= 0.3 is 5.97 Å². The van der Waals surface area contributed by atoms with Crippen LogP contribution in [0.1, 0.15) is 65.2 Å². The quantitative estimate of drug-likeness (QED) is 0.414. The van der Waals surface area contributed by atoms with Crippen LogP contribution in [0.4, 0.5) is 5.69 Å². The zero-order valence-corrected chi connectivity index (χ0v) is 19.3. The van der Waals surface area contributed by atoms with Gasteiger partial charge in [0.25, 0.3) is 0 Å². The lowest BCUT2D eigenvalue weighted by Gasteiger charge is -2.51. The van der Waals surface area contributed by atoms with Crippen molar-refractivity contribution in [3.8, 4) is 0 Å². The molecule has 0 saturated carbocycles. The van der Waals surface area contributed by atoms with Crippen LogP contribution in [0.3, 0.4) is 0 Å². The van der Waals surface area contributed by atoms with Crippen molar-refractivity contribution < 1.29 is 19.1 Å². The molecular weight excluding hydrogens is 426 g/mol. The van der Waals surface area contributed by atoms with E-state index >= 15 is 0 Å². The Morgan fingerprint density at radius 2 is 1.38 bits per heavy atom. The van der Waals surface area contributed by atoms with Gasteiger partial charge in [-0.15, -0.1) is 0 Å². The van der Waals surface area contributed by atoms with Gasteiger partial charge in [0.2, 0.25) is 11.8 Å². The molecule has 0 spiro atoms. The molecule has 0 radical (unpaired) electrons. The molecule has 2 bridgehead atoms. The third-order valence-electron chi connectivity index (χ3n) is 7.72. The predicted molar refractivity (Wildman–Crippen MR) is 128 cm³/mol. The molecule has 4 aliphatic rings. The zero-order chi connectivity index (χ0) is 23.8. The van der Waals surface area contributed by atoms with E-state index in [0.29, 0.717) is 11.3 Å². The summed E-state index contributed by atoms with van der Waals surface area (Å²) in [5.41, 5.74) is 4.56. The number of hydrogen-bond donors (Lipinski definition) is 0. The van der Waals surface area contributed by atoms with E-state index in [2.05, 4.69) is 24.3 Å². The number of esters is 1. The summed E-state index contributed by atoms with van der Waals surface area (Å²) in [5, 5.41) is 0. The molecule has 170 valence electrons. The molecule has 34 heavy (non-hydrogen) atoms. The van der Waals surface area contributed by atoms with Crippen LogP contribution in [0.25, 0.3) is 0 Å². The molecule has 5 nitrogen and oxygen atoms in total. The maximum absolute atomic E-state index is 14.1. The molecule has 3 aromatic carbocycles. The number of carbonyl (C=O) groups excluding carboxylic acids is 3. The van der Waals surface area contributed by atoms with Crippen molar-refractivity contribution in [2.75, 3.05) is 4.90 Å². The Hall–Kier alpha value is -3.73. The molecule has 0 unspecified atom stereocenters. The number of benzene rings is 3. The first-order valence-corrected chi connectivity index (χ1v) is 11.7. The molecule has 0 N–H and O–H groups in total. The zero-order valence-electron chi connectivity index (χ0n) is 19.3. The van der Waals surface area contributed by atoms with Crippen LogP contribution >= 0.6 is 0 Å². The van der Waals surface area contributed by atoms with Crippen molar-refractivity contribution >= 4 is 23.5 Å². The molecule has 0 aromatic heterocycles. The van der Waals surface area contributed by atoms with Crippen LogP contribution in [0.15, 0.2) is 72.8 Å². The second kappa shape index (κ2) is 7.13. The van der Waals surface area contributed by atoms with Gasteiger partial charge in [0.1, 0.15) is 0 Å². The van der Waals surface area contributed by atoms with Gasteiger partial charge in [-0.25, -0.2) is 9.69 Å². The smallest absolute Gasteiger partial charge is 0.338 e. The molecular formula is C29H25NO4. The van der Waals surface area contributed by atoms with Crippen LogP contribution < -0.4 is 4.90 Å². The Balaban J connectivity index is 1.45. The molecule has 3 aromatic rings. The van der Waals surface area contributed by atoms with Gasteiger partial charge in [0, 0.05) is 11.8 Å². The number of carbonyl (C=O) groups is 3. The number of amides is 2. The van der Waals surface area contributed by atoms with E-state index in [0.717, 1.165) is 22.3 Å². The van der Waals surface area contributed by atoms with Gasteiger partial charge in [-0.3, -0.25) is 9.59 Å². The van der Waals surface area contributed by atoms with Crippen molar-refractivity contribution in [1.29, 1.82) is 0 Å². The van der Waals surface area contributed by atoms with Gasteiger partial charge in [0.05, 0.1) is 28.7 Å². The summed E-state index contributed by atoms with van der Waals surface area (Å²) in [6.07, 6.45) is -0.226.